The number of rotatable bonds is 2. The summed E-state index contributed by atoms with van der Waals surface area (Å²) in [7, 11) is 0. The highest BCUT2D eigenvalue weighted by Gasteiger charge is 2.25. The Morgan fingerprint density at radius 3 is 3.14 bits per heavy atom. The van der Waals surface area contributed by atoms with Crippen molar-refractivity contribution < 1.29 is 4.79 Å². The minimum atomic E-state index is -0.0516. The maximum absolute atomic E-state index is 12.5. The van der Waals surface area contributed by atoms with Gasteiger partial charge in [-0.25, -0.2) is 15.0 Å². The number of aromatic amines is 2. The van der Waals surface area contributed by atoms with E-state index in [4.69, 9.17) is 0 Å². The zero-order chi connectivity index (χ0) is 14.2. The van der Waals surface area contributed by atoms with Crippen LogP contribution in [0.25, 0.3) is 10.8 Å². The monoisotopic (exact) mass is 300 g/mol. The van der Waals surface area contributed by atoms with Gasteiger partial charge < -0.3 is 14.9 Å². The number of hydrogen-bond acceptors (Lipinski definition) is 5. The highest BCUT2D eigenvalue weighted by molar-refractivity contribution is 7.13. The number of nitrogens with zero attached hydrogens (tertiary/aromatic N) is 4. The highest BCUT2D eigenvalue weighted by atomic mass is 32.1. The van der Waals surface area contributed by atoms with E-state index in [0.717, 1.165) is 22.8 Å². The third kappa shape index (κ3) is 2.13. The Labute approximate surface area is 124 Å². The molecule has 1 aliphatic heterocycles. The maximum atomic E-state index is 12.5. The summed E-state index contributed by atoms with van der Waals surface area (Å²) in [5.41, 5.74) is 2.53. The third-order valence-corrected chi connectivity index (χ3v) is 4.34. The number of fused-ring (bicyclic) bond motifs is 1. The first-order chi connectivity index (χ1) is 10.3. The number of hydrogen-bond donors (Lipinski definition) is 2. The minimum absolute atomic E-state index is 0.0516. The molecule has 0 bridgehead atoms. The molecule has 0 aromatic carbocycles. The van der Waals surface area contributed by atoms with E-state index in [-0.39, 0.29) is 5.91 Å². The number of carbonyl (C=O) groups is 1. The lowest BCUT2D eigenvalue weighted by Gasteiger charge is -2.25. The molecule has 0 spiro atoms. The van der Waals surface area contributed by atoms with Crippen LogP contribution in [0.5, 0.6) is 0 Å². The Balaban J connectivity index is 1.56. The van der Waals surface area contributed by atoms with E-state index < -0.39 is 0 Å². The summed E-state index contributed by atoms with van der Waals surface area (Å²) >= 11 is 1.41. The lowest BCUT2D eigenvalue weighted by molar-refractivity contribution is 0.0727. The van der Waals surface area contributed by atoms with Crippen molar-refractivity contribution in [1.82, 2.24) is 29.8 Å². The number of imidazole rings is 2. The largest absolute Gasteiger partial charge is 0.347 e. The molecule has 8 heteroatoms. The number of aromatic nitrogens is 5. The fraction of sp³-hybridized carbons (Fsp3) is 0.231. The van der Waals surface area contributed by atoms with Gasteiger partial charge in [-0.2, -0.15) is 0 Å². The minimum Gasteiger partial charge on any atom is -0.347 e. The quantitative estimate of drug-likeness (QED) is 0.749. The van der Waals surface area contributed by atoms with Gasteiger partial charge in [-0.1, -0.05) is 0 Å². The molecule has 0 fully saturated rings. The molecule has 0 atom stereocenters. The van der Waals surface area contributed by atoms with Crippen LogP contribution in [0, 0.1) is 0 Å². The average molecular weight is 300 g/mol. The van der Waals surface area contributed by atoms with Crippen LogP contribution in [-0.2, 0) is 13.0 Å². The Hall–Kier alpha value is -2.48. The second-order valence-corrected chi connectivity index (χ2v) is 5.64. The van der Waals surface area contributed by atoms with Gasteiger partial charge in [0.05, 0.1) is 24.3 Å². The topological polar surface area (TPSA) is 90.6 Å². The van der Waals surface area contributed by atoms with Gasteiger partial charge in [0.25, 0.3) is 5.91 Å². The zero-order valence-electron chi connectivity index (χ0n) is 11.0. The van der Waals surface area contributed by atoms with Crippen molar-refractivity contribution in [2.45, 2.75) is 13.0 Å². The van der Waals surface area contributed by atoms with E-state index >= 15 is 0 Å². The second-order valence-electron chi connectivity index (χ2n) is 4.78. The summed E-state index contributed by atoms with van der Waals surface area (Å²) in [6.07, 6.45) is 5.86. The molecule has 0 saturated carbocycles. The van der Waals surface area contributed by atoms with Gasteiger partial charge in [-0.15, -0.1) is 11.3 Å². The first-order valence-corrected chi connectivity index (χ1v) is 7.45. The summed E-state index contributed by atoms with van der Waals surface area (Å²) in [4.78, 5) is 33.2. The van der Waals surface area contributed by atoms with Crippen LogP contribution in [-0.4, -0.2) is 42.3 Å². The lowest BCUT2D eigenvalue weighted by atomic mass is 10.1. The van der Waals surface area contributed by atoms with Crippen molar-refractivity contribution in [3.63, 3.8) is 0 Å². The molecular weight excluding hydrogens is 288 g/mol. The first-order valence-electron chi connectivity index (χ1n) is 6.57. The van der Waals surface area contributed by atoms with Gasteiger partial charge in [0.1, 0.15) is 5.69 Å². The van der Waals surface area contributed by atoms with Crippen LogP contribution in [0.3, 0.4) is 0 Å². The number of thiazole rings is 1. The van der Waals surface area contributed by atoms with Crippen LogP contribution >= 0.6 is 11.3 Å². The van der Waals surface area contributed by atoms with Crippen LogP contribution in [0.2, 0.25) is 0 Å². The van der Waals surface area contributed by atoms with E-state index in [1.165, 1.54) is 11.3 Å². The standard InChI is InChI=1S/C13H12N6OS/c20-13(19-4-1-8-9(5-19)17-7-16-8)10-6-21-12(18-10)11-14-2-3-15-11/h2-3,6-7H,1,4-5H2,(H,14,15)(H,16,17). The van der Waals surface area contributed by atoms with Crippen molar-refractivity contribution in [2.75, 3.05) is 6.54 Å². The summed E-state index contributed by atoms with van der Waals surface area (Å²) in [6, 6.07) is 0. The Bertz CT molecular complexity index is 774. The average Bonchev–Trinajstić information content (AvgIpc) is 3.24. The van der Waals surface area contributed by atoms with E-state index in [1.807, 2.05) is 0 Å². The SMILES string of the molecule is O=C(c1csc(-c2ncc[nH]2)n1)N1CCc2nc[nH]c2C1. The van der Waals surface area contributed by atoms with Crippen molar-refractivity contribution in [3.05, 3.63) is 41.2 Å². The molecule has 0 aliphatic carbocycles. The summed E-state index contributed by atoms with van der Waals surface area (Å²) in [6.45, 7) is 1.23. The summed E-state index contributed by atoms with van der Waals surface area (Å²) < 4.78 is 0. The maximum Gasteiger partial charge on any atom is 0.273 e. The molecule has 4 rings (SSSR count). The van der Waals surface area contributed by atoms with Crippen molar-refractivity contribution >= 4 is 17.2 Å². The van der Waals surface area contributed by atoms with Crippen molar-refractivity contribution in [1.29, 1.82) is 0 Å². The van der Waals surface area contributed by atoms with Gasteiger partial charge >= 0.3 is 0 Å². The summed E-state index contributed by atoms with van der Waals surface area (Å²) in [5, 5.41) is 2.51. The van der Waals surface area contributed by atoms with Crippen LogP contribution in [0.1, 0.15) is 21.9 Å². The van der Waals surface area contributed by atoms with Gasteiger partial charge in [0, 0.05) is 30.7 Å². The first kappa shape index (κ1) is 12.3. The molecule has 0 radical (unpaired) electrons. The van der Waals surface area contributed by atoms with E-state index in [1.54, 1.807) is 29.0 Å². The van der Waals surface area contributed by atoms with Gasteiger partial charge in [-0.3, -0.25) is 4.79 Å². The predicted molar refractivity (Wildman–Crippen MR) is 76.7 cm³/mol. The fourth-order valence-corrected chi connectivity index (χ4v) is 3.16. The Morgan fingerprint density at radius 2 is 2.29 bits per heavy atom. The number of carbonyl (C=O) groups excluding carboxylic acids is 1. The van der Waals surface area contributed by atoms with Crippen LogP contribution in [0.15, 0.2) is 24.1 Å². The van der Waals surface area contributed by atoms with E-state index in [9.17, 15) is 4.79 Å². The Morgan fingerprint density at radius 1 is 1.33 bits per heavy atom. The lowest BCUT2D eigenvalue weighted by Crippen LogP contribution is -2.36. The van der Waals surface area contributed by atoms with Gasteiger partial charge in [-0.05, 0) is 0 Å². The fourth-order valence-electron chi connectivity index (χ4n) is 2.41. The molecule has 0 unspecified atom stereocenters. The molecule has 2 N–H and O–H groups in total. The molecule has 21 heavy (non-hydrogen) atoms. The molecule has 4 heterocycles. The van der Waals surface area contributed by atoms with Gasteiger partial charge in [0.15, 0.2) is 10.8 Å². The zero-order valence-corrected chi connectivity index (χ0v) is 11.9. The smallest absolute Gasteiger partial charge is 0.273 e. The van der Waals surface area contributed by atoms with Gasteiger partial charge in [0.2, 0.25) is 0 Å². The number of nitrogens with one attached hydrogen (secondary N) is 2. The normalized spacial score (nSPS) is 14.2. The number of amides is 1. The van der Waals surface area contributed by atoms with Crippen molar-refractivity contribution in [3.8, 4) is 10.8 Å². The molecule has 7 nitrogen and oxygen atoms in total. The third-order valence-electron chi connectivity index (χ3n) is 3.49. The molecular formula is C13H12N6OS. The predicted octanol–water partition coefficient (Wildman–Crippen LogP) is 1.45. The molecule has 3 aromatic heterocycles. The molecule has 0 saturated heterocycles. The number of H-pyrrole nitrogens is 2. The second kappa shape index (κ2) is 4.81. The van der Waals surface area contributed by atoms with Crippen LogP contribution in [0.4, 0.5) is 0 Å². The molecule has 1 aliphatic rings. The van der Waals surface area contributed by atoms with E-state index in [0.29, 0.717) is 24.6 Å². The Kier molecular flexibility index (Phi) is 2.81. The van der Waals surface area contributed by atoms with Crippen LogP contribution < -0.4 is 0 Å². The highest BCUT2D eigenvalue weighted by Crippen LogP contribution is 2.22. The summed E-state index contributed by atoms with van der Waals surface area (Å²) in [5.74, 6) is 0.637. The molecule has 106 valence electrons. The molecule has 1 amide bonds. The molecule has 3 aromatic rings. The van der Waals surface area contributed by atoms with E-state index in [2.05, 4.69) is 24.9 Å². The van der Waals surface area contributed by atoms with Crippen molar-refractivity contribution in [2.24, 2.45) is 0 Å².